The minimum Gasteiger partial charge on any atom is -0.391 e. The number of fused-ring (bicyclic) bond motifs is 1. The van der Waals surface area contributed by atoms with Crippen molar-refractivity contribution < 1.29 is 5.11 Å². The molecule has 0 aliphatic carbocycles. The molecule has 1 unspecified atom stereocenters. The summed E-state index contributed by atoms with van der Waals surface area (Å²) in [4.78, 5) is 14.5. The third kappa shape index (κ3) is 4.93. The molecule has 1 saturated heterocycles. The molecule has 0 spiro atoms. The summed E-state index contributed by atoms with van der Waals surface area (Å²) in [7, 11) is 0. The summed E-state index contributed by atoms with van der Waals surface area (Å²) in [5, 5.41) is 10.0. The molecule has 6 nitrogen and oxygen atoms in total. The number of aliphatic hydroxyl groups is 1. The molecule has 0 radical (unpaired) electrons. The fourth-order valence-corrected chi connectivity index (χ4v) is 3.94. The molecule has 2 aliphatic rings. The van der Waals surface area contributed by atoms with Crippen molar-refractivity contribution in [3.8, 4) is 11.4 Å². The molecule has 28 heavy (non-hydrogen) atoms. The predicted octanol–water partition coefficient (Wildman–Crippen LogP) is 1.92. The highest BCUT2D eigenvalue weighted by molar-refractivity contribution is 5.85. The van der Waals surface area contributed by atoms with Crippen molar-refractivity contribution >= 4 is 30.6 Å². The quantitative estimate of drug-likeness (QED) is 0.778. The molecule has 2 aromatic rings. The Labute approximate surface area is 179 Å². The maximum absolute atomic E-state index is 10.0. The van der Waals surface area contributed by atoms with Crippen LogP contribution in [0.4, 0.5) is 5.82 Å². The van der Waals surface area contributed by atoms with Gasteiger partial charge in [-0.25, -0.2) is 9.97 Å². The minimum absolute atomic E-state index is 0. The van der Waals surface area contributed by atoms with Crippen molar-refractivity contribution in [2.24, 2.45) is 5.73 Å². The van der Waals surface area contributed by atoms with E-state index in [-0.39, 0.29) is 30.9 Å². The first-order valence-corrected chi connectivity index (χ1v) is 9.55. The molecule has 0 saturated carbocycles. The summed E-state index contributed by atoms with van der Waals surface area (Å²) in [6, 6.07) is 10.2. The van der Waals surface area contributed by atoms with E-state index in [4.69, 9.17) is 15.7 Å². The summed E-state index contributed by atoms with van der Waals surface area (Å²) in [6.45, 7) is 5.09. The van der Waals surface area contributed by atoms with E-state index < -0.39 is 0 Å². The molecule has 0 amide bonds. The lowest BCUT2D eigenvalue weighted by molar-refractivity contribution is 0.198. The lowest BCUT2D eigenvalue weighted by atomic mass is 10.1. The van der Waals surface area contributed by atoms with Crippen molar-refractivity contribution in [2.75, 3.05) is 44.2 Å². The molecule has 1 fully saturated rings. The number of benzene rings is 1. The zero-order valence-corrected chi connectivity index (χ0v) is 17.6. The van der Waals surface area contributed by atoms with E-state index in [1.54, 1.807) is 0 Å². The topological polar surface area (TPSA) is 78.5 Å². The first-order chi connectivity index (χ1) is 12.7. The first kappa shape index (κ1) is 22.8. The molecule has 1 atom stereocenters. The molecule has 3 heterocycles. The Morgan fingerprint density at radius 2 is 1.79 bits per heavy atom. The lowest BCUT2D eigenvalue weighted by Crippen LogP contribution is -2.31. The Morgan fingerprint density at radius 1 is 1.04 bits per heavy atom. The zero-order chi connectivity index (χ0) is 17.9. The highest BCUT2D eigenvalue weighted by atomic mass is 35.5. The predicted molar refractivity (Wildman–Crippen MR) is 118 cm³/mol. The number of aliphatic hydroxyl groups excluding tert-OH is 1. The second kappa shape index (κ2) is 10.4. The van der Waals surface area contributed by atoms with Crippen LogP contribution in [0.1, 0.15) is 17.7 Å². The number of hydrogen-bond donors (Lipinski definition) is 2. The smallest absolute Gasteiger partial charge is 0.161 e. The zero-order valence-electron chi connectivity index (χ0n) is 16.0. The van der Waals surface area contributed by atoms with Crippen molar-refractivity contribution in [3.63, 3.8) is 0 Å². The van der Waals surface area contributed by atoms with Crippen LogP contribution in [0.25, 0.3) is 11.4 Å². The van der Waals surface area contributed by atoms with E-state index in [0.29, 0.717) is 13.1 Å². The summed E-state index contributed by atoms with van der Waals surface area (Å²) in [5.41, 5.74) is 9.19. The molecular formula is C20H29Cl2N5O. The normalized spacial score (nSPS) is 19.4. The van der Waals surface area contributed by atoms with Gasteiger partial charge in [-0.3, -0.25) is 0 Å². The standard InChI is InChI=1S/C20H27N5O.2ClH/c21-9-13-24-10-7-17-18(8-11-24)22-19(15-4-2-1-3-5-15)23-20(17)25-12-6-16(26)14-25;;/h1-5,16,26H,6-14,21H2;2*1H. The van der Waals surface area contributed by atoms with E-state index in [0.717, 1.165) is 68.3 Å². The van der Waals surface area contributed by atoms with Crippen LogP contribution in [0.2, 0.25) is 0 Å². The molecule has 1 aromatic carbocycles. The lowest BCUT2D eigenvalue weighted by Gasteiger charge is -2.22. The number of hydrogen-bond acceptors (Lipinski definition) is 6. The van der Waals surface area contributed by atoms with Crippen LogP contribution in [-0.2, 0) is 12.8 Å². The number of rotatable bonds is 4. The van der Waals surface area contributed by atoms with Crippen LogP contribution >= 0.6 is 24.8 Å². The third-order valence-corrected chi connectivity index (χ3v) is 5.35. The second-order valence-electron chi connectivity index (χ2n) is 7.18. The Bertz CT molecular complexity index is 762. The Balaban J connectivity index is 0.00000140. The van der Waals surface area contributed by atoms with E-state index in [1.165, 1.54) is 5.56 Å². The van der Waals surface area contributed by atoms with Crippen molar-refractivity contribution in [1.29, 1.82) is 0 Å². The van der Waals surface area contributed by atoms with E-state index in [2.05, 4.69) is 21.9 Å². The van der Waals surface area contributed by atoms with Crippen LogP contribution < -0.4 is 10.6 Å². The fraction of sp³-hybridized carbons (Fsp3) is 0.500. The van der Waals surface area contributed by atoms with Crippen LogP contribution in [0, 0.1) is 0 Å². The van der Waals surface area contributed by atoms with E-state index >= 15 is 0 Å². The molecule has 3 N–H and O–H groups in total. The summed E-state index contributed by atoms with van der Waals surface area (Å²) in [5.74, 6) is 1.80. The van der Waals surface area contributed by atoms with Gasteiger partial charge in [-0.05, 0) is 12.8 Å². The van der Waals surface area contributed by atoms with Crippen molar-refractivity contribution in [3.05, 3.63) is 41.6 Å². The SMILES string of the molecule is Cl.Cl.NCCN1CCc2nc(-c3ccccc3)nc(N3CCC(O)C3)c2CC1. The first-order valence-electron chi connectivity index (χ1n) is 9.55. The maximum Gasteiger partial charge on any atom is 0.161 e. The van der Waals surface area contributed by atoms with Gasteiger partial charge in [0.05, 0.1) is 11.8 Å². The van der Waals surface area contributed by atoms with Gasteiger partial charge in [0.1, 0.15) is 5.82 Å². The van der Waals surface area contributed by atoms with Gasteiger partial charge >= 0.3 is 0 Å². The van der Waals surface area contributed by atoms with Crippen LogP contribution in [0.5, 0.6) is 0 Å². The van der Waals surface area contributed by atoms with Gasteiger partial charge in [-0.2, -0.15) is 0 Å². The van der Waals surface area contributed by atoms with Gasteiger partial charge in [0.15, 0.2) is 5.82 Å². The highest BCUT2D eigenvalue weighted by Gasteiger charge is 2.27. The third-order valence-electron chi connectivity index (χ3n) is 5.35. The van der Waals surface area contributed by atoms with E-state index in [9.17, 15) is 5.11 Å². The fourth-order valence-electron chi connectivity index (χ4n) is 3.94. The van der Waals surface area contributed by atoms with Crippen molar-refractivity contribution in [1.82, 2.24) is 14.9 Å². The Hall–Kier alpha value is -1.44. The highest BCUT2D eigenvalue weighted by Crippen LogP contribution is 2.30. The molecule has 2 aliphatic heterocycles. The summed E-state index contributed by atoms with van der Waals surface area (Å²) in [6.07, 6.45) is 2.40. The number of nitrogens with zero attached hydrogens (tertiary/aromatic N) is 4. The monoisotopic (exact) mass is 425 g/mol. The van der Waals surface area contributed by atoms with E-state index in [1.807, 2.05) is 18.2 Å². The molecular weight excluding hydrogens is 397 g/mol. The van der Waals surface area contributed by atoms with Gasteiger partial charge in [0.25, 0.3) is 0 Å². The van der Waals surface area contributed by atoms with Crippen molar-refractivity contribution in [2.45, 2.75) is 25.4 Å². The Kier molecular flexibility index (Phi) is 8.46. The minimum atomic E-state index is -0.264. The molecule has 0 bridgehead atoms. The van der Waals surface area contributed by atoms with Gasteiger partial charge < -0.3 is 20.6 Å². The number of β-amino-alcohol motifs (C(OH)–C–C–N with tert-alkyl or cyclic N) is 1. The van der Waals surface area contributed by atoms with Crippen LogP contribution in [-0.4, -0.2) is 65.3 Å². The maximum atomic E-state index is 10.0. The van der Waals surface area contributed by atoms with Gasteiger partial charge in [-0.1, -0.05) is 30.3 Å². The largest absolute Gasteiger partial charge is 0.391 e. The number of aromatic nitrogens is 2. The molecule has 4 rings (SSSR count). The molecule has 8 heteroatoms. The number of anilines is 1. The average Bonchev–Trinajstić information content (AvgIpc) is 3.00. The van der Waals surface area contributed by atoms with Crippen LogP contribution in [0.15, 0.2) is 30.3 Å². The van der Waals surface area contributed by atoms with Gasteiger partial charge in [0, 0.05) is 56.8 Å². The molecule has 154 valence electrons. The number of nitrogens with two attached hydrogens (primary N) is 1. The summed E-state index contributed by atoms with van der Waals surface area (Å²) < 4.78 is 0. The average molecular weight is 426 g/mol. The summed E-state index contributed by atoms with van der Waals surface area (Å²) >= 11 is 0. The van der Waals surface area contributed by atoms with Gasteiger partial charge in [0.2, 0.25) is 0 Å². The molecule has 1 aromatic heterocycles. The van der Waals surface area contributed by atoms with Gasteiger partial charge in [-0.15, -0.1) is 24.8 Å². The number of halogens is 2. The van der Waals surface area contributed by atoms with Crippen LogP contribution in [0.3, 0.4) is 0 Å². The second-order valence-corrected chi connectivity index (χ2v) is 7.18. The Morgan fingerprint density at radius 3 is 2.46 bits per heavy atom.